The van der Waals surface area contributed by atoms with Crippen LogP contribution in [0.25, 0.3) is 0 Å². The van der Waals surface area contributed by atoms with Gasteiger partial charge in [-0.1, -0.05) is 6.92 Å². The first-order valence-electron chi connectivity index (χ1n) is 5.67. The highest BCUT2D eigenvalue weighted by molar-refractivity contribution is 5.29. The average molecular weight is 209 g/mol. The number of anilines is 1. The monoisotopic (exact) mass is 209 g/mol. The lowest BCUT2D eigenvalue weighted by Crippen LogP contribution is -2.41. The molecule has 1 aromatic rings. The van der Waals surface area contributed by atoms with Crippen molar-refractivity contribution in [3.8, 4) is 0 Å². The minimum Gasteiger partial charge on any atom is -0.339 e. The van der Waals surface area contributed by atoms with Gasteiger partial charge < -0.3 is 10.2 Å². The van der Waals surface area contributed by atoms with Crippen LogP contribution in [0, 0.1) is 0 Å². The van der Waals surface area contributed by atoms with E-state index in [0.29, 0.717) is 6.04 Å². The molecule has 5 heteroatoms. The standard InChI is InChI=1S/C10H19N5/c1-3-9-12-10(14-13-9)15-6-4-8(11-2)5-7-15/h8,11H,3-7H2,1-2H3,(H,12,13,14). The molecule has 1 aliphatic heterocycles. The van der Waals surface area contributed by atoms with E-state index in [0.717, 1.165) is 31.3 Å². The summed E-state index contributed by atoms with van der Waals surface area (Å²) in [5.74, 6) is 1.84. The molecule has 0 aromatic carbocycles. The first-order valence-corrected chi connectivity index (χ1v) is 5.67. The van der Waals surface area contributed by atoms with Crippen LogP contribution in [0.2, 0.25) is 0 Å². The Labute approximate surface area is 90.3 Å². The van der Waals surface area contributed by atoms with Crippen LogP contribution in [0.4, 0.5) is 5.95 Å². The number of nitrogens with one attached hydrogen (secondary N) is 2. The molecule has 15 heavy (non-hydrogen) atoms. The Hall–Kier alpha value is -1.10. The maximum atomic E-state index is 4.44. The zero-order valence-corrected chi connectivity index (χ0v) is 9.45. The van der Waals surface area contributed by atoms with Gasteiger partial charge in [0.15, 0.2) is 0 Å². The van der Waals surface area contributed by atoms with Gasteiger partial charge in [-0.25, -0.2) is 0 Å². The Morgan fingerprint density at radius 1 is 1.47 bits per heavy atom. The van der Waals surface area contributed by atoms with Crippen LogP contribution >= 0.6 is 0 Å². The van der Waals surface area contributed by atoms with Gasteiger partial charge in [0.05, 0.1) is 0 Å². The number of aromatic nitrogens is 3. The fraction of sp³-hybridized carbons (Fsp3) is 0.800. The number of hydrogen-bond donors (Lipinski definition) is 2. The van der Waals surface area contributed by atoms with Crippen molar-refractivity contribution in [1.29, 1.82) is 0 Å². The molecule has 0 amide bonds. The summed E-state index contributed by atoms with van der Waals surface area (Å²) in [6, 6.07) is 0.658. The van der Waals surface area contributed by atoms with E-state index in [1.165, 1.54) is 12.8 Å². The fourth-order valence-corrected chi connectivity index (χ4v) is 1.95. The third-order valence-corrected chi connectivity index (χ3v) is 3.04. The molecule has 1 saturated heterocycles. The Kier molecular flexibility index (Phi) is 3.20. The molecule has 2 heterocycles. The summed E-state index contributed by atoms with van der Waals surface area (Å²) in [5.41, 5.74) is 0. The minimum atomic E-state index is 0.658. The van der Waals surface area contributed by atoms with E-state index in [9.17, 15) is 0 Å². The first-order chi connectivity index (χ1) is 7.33. The second-order valence-corrected chi connectivity index (χ2v) is 3.99. The molecule has 0 bridgehead atoms. The van der Waals surface area contributed by atoms with Crippen molar-refractivity contribution in [2.75, 3.05) is 25.0 Å². The van der Waals surface area contributed by atoms with Crippen molar-refractivity contribution in [3.05, 3.63) is 5.82 Å². The topological polar surface area (TPSA) is 56.8 Å². The normalized spacial score (nSPS) is 18.4. The molecular weight excluding hydrogens is 190 g/mol. The molecule has 0 spiro atoms. The number of aromatic amines is 1. The molecule has 84 valence electrons. The van der Waals surface area contributed by atoms with Gasteiger partial charge in [-0.05, 0) is 19.9 Å². The van der Waals surface area contributed by atoms with Gasteiger partial charge in [0.25, 0.3) is 0 Å². The molecule has 1 aliphatic rings. The first kappa shape index (κ1) is 10.4. The summed E-state index contributed by atoms with van der Waals surface area (Å²) in [6.45, 7) is 4.18. The molecule has 0 aliphatic carbocycles. The van der Waals surface area contributed by atoms with Crippen molar-refractivity contribution >= 4 is 5.95 Å². The number of hydrogen-bond acceptors (Lipinski definition) is 4. The second kappa shape index (κ2) is 4.61. The Morgan fingerprint density at radius 2 is 2.20 bits per heavy atom. The van der Waals surface area contributed by atoms with Crippen LogP contribution in [0.5, 0.6) is 0 Å². The summed E-state index contributed by atoms with van der Waals surface area (Å²) in [7, 11) is 2.03. The number of aryl methyl sites for hydroxylation is 1. The largest absolute Gasteiger partial charge is 0.339 e. The molecule has 1 aromatic heterocycles. The van der Waals surface area contributed by atoms with Crippen molar-refractivity contribution in [2.24, 2.45) is 0 Å². The smallest absolute Gasteiger partial charge is 0.244 e. The number of piperidine rings is 1. The fourth-order valence-electron chi connectivity index (χ4n) is 1.95. The van der Waals surface area contributed by atoms with E-state index >= 15 is 0 Å². The van der Waals surface area contributed by atoms with Gasteiger partial charge in [-0.3, -0.25) is 5.10 Å². The average Bonchev–Trinajstić information content (AvgIpc) is 2.78. The lowest BCUT2D eigenvalue weighted by Gasteiger charge is -2.30. The third kappa shape index (κ3) is 2.28. The molecule has 0 radical (unpaired) electrons. The molecule has 2 N–H and O–H groups in total. The zero-order chi connectivity index (χ0) is 10.7. The highest BCUT2D eigenvalue weighted by Gasteiger charge is 2.20. The Balaban J connectivity index is 1.95. The second-order valence-electron chi connectivity index (χ2n) is 3.99. The third-order valence-electron chi connectivity index (χ3n) is 3.04. The molecule has 0 saturated carbocycles. The molecule has 0 unspecified atom stereocenters. The van der Waals surface area contributed by atoms with Crippen LogP contribution in [0.15, 0.2) is 0 Å². The maximum absolute atomic E-state index is 4.44. The van der Waals surface area contributed by atoms with Gasteiger partial charge >= 0.3 is 0 Å². The molecule has 5 nitrogen and oxygen atoms in total. The lowest BCUT2D eigenvalue weighted by atomic mass is 10.1. The van der Waals surface area contributed by atoms with Crippen molar-refractivity contribution in [3.63, 3.8) is 0 Å². The van der Waals surface area contributed by atoms with Gasteiger partial charge in [0.1, 0.15) is 5.82 Å². The van der Waals surface area contributed by atoms with Gasteiger partial charge in [-0.2, -0.15) is 4.98 Å². The van der Waals surface area contributed by atoms with E-state index < -0.39 is 0 Å². The molecular formula is C10H19N5. The summed E-state index contributed by atoms with van der Waals surface area (Å²) in [4.78, 5) is 6.70. The SMILES string of the molecule is CCc1nc(N2CCC(NC)CC2)n[nH]1. The number of nitrogens with zero attached hydrogens (tertiary/aromatic N) is 3. The highest BCUT2D eigenvalue weighted by atomic mass is 15.4. The maximum Gasteiger partial charge on any atom is 0.244 e. The minimum absolute atomic E-state index is 0.658. The van der Waals surface area contributed by atoms with E-state index in [2.05, 4.69) is 32.3 Å². The van der Waals surface area contributed by atoms with E-state index in [-0.39, 0.29) is 0 Å². The van der Waals surface area contributed by atoms with E-state index in [1.807, 2.05) is 7.05 Å². The van der Waals surface area contributed by atoms with Crippen LogP contribution in [0.1, 0.15) is 25.6 Å². The summed E-state index contributed by atoms with van der Waals surface area (Å²) < 4.78 is 0. The van der Waals surface area contributed by atoms with Crippen LogP contribution in [-0.4, -0.2) is 41.4 Å². The predicted octanol–water partition coefficient (Wildman–Crippen LogP) is 0.555. The predicted molar refractivity (Wildman–Crippen MR) is 60.1 cm³/mol. The van der Waals surface area contributed by atoms with Crippen molar-refractivity contribution < 1.29 is 0 Å². The summed E-state index contributed by atoms with van der Waals surface area (Å²) >= 11 is 0. The van der Waals surface area contributed by atoms with Crippen molar-refractivity contribution in [2.45, 2.75) is 32.2 Å². The zero-order valence-electron chi connectivity index (χ0n) is 9.45. The molecule has 1 fully saturated rings. The molecule has 2 rings (SSSR count). The Morgan fingerprint density at radius 3 is 2.73 bits per heavy atom. The Bertz CT molecular complexity index is 301. The number of H-pyrrole nitrogens is 1. The summed E-state index contributed by atoms with van der Waals surface area (Å²) in [6.07, 6.45) is 3.26. The van der Waals surface area contributed by atoms with Crippen molar-refractivity contribution in [1.82, 2.24) is 20.5 Å². The number of rotatable bonds is 3. The quantitative estimate of drug-likeness (QED) is 0.763. The van der Waals surface area contributed by atoms with Gasteiger partial charge in [-0.15, -0.1) is 5.10 Å². The lowest BCUT2D eigenvalue weighted by molar-refractivity contribution is 0.439. The highest BCUT2D eigenvalue weighted by Crippen LogP contribution is 2.15. The van der Waals surface area contributed by atoms with E-state index in [4.69, 9.17) is 0 Å². The van der Waals surface area contributed by atoms with Crippen LogP contribution in [0.3, 0.4) is 0 Å². The summed E-state index contributed by atoms with van der Waals surface area (Å²) in [5, 5.41) is 10.5. The van der Waals surface area contributed by atoms with Crippen LogP contribution < -0.4 is 10.2 Å². The van der Waals surface area contributed by atoms with Gasteiger partial charge in [0, 0.05) is 25.6 Å². The van der Waals surface area contributed by atoms with Crippen LogP contribution in [-0.2, 0) is 6.42 Å². The van der Waals surface area contributed by atoms with Gasteiger partial charge in [0.2, 0.25) is 5.95 Å². The molecule has 0 atom stereocenters. The van der Waals surface area contributed by atoms with E-state index in [1.54, 1.807) is 0 Å².